The van der Waals surface area contributed by atoms with Crippen LogP contribution >= 0.6 is 0 Å². The number of benzene rings is 2. The molecular weight excluding hydrogens is 368 g/mol. The minimum atomic E-state index is -0.0446. The van der Waals surface area contributed by atoms with Crippen LogP contribution in [0.3, 0.4) is 0 Å². The van der Waals surface area contributed by atoms with Crippen LogP contribution in [-0.4, -0.2) is 41.2 Å². The first-order chi connectivity index (χ1) is 13.7. The van der Waals surface area contributed by atoms with Gasteiger partial charge in [-0.05, 0) is 47.9 Å². The van der Waals surface area contributed by atoms with Gasteiger partial charge in [-0.15, -0.1) is 0 Å². The molecular formula is C23H30N2O4. The predicted octanol–water partition coefficient (Wildman–Crippen LogP) is 4.28. The molecule has 0 unspecified atom stereocenters. The van der Waals surface area contributed by atoms with Gasteiger partial charge >= 0.3 is 0 Å². The summed E-state index contributed by atoms with van der Waals surface area (Å²) < 4.78 is 16.2. The lowest BCUT2D eigenvalue weighted by molar-refractivity contribution is 0.102. The SMILES string of the molecule is COc1cc(C=C(C(=O)c2ccc(N)c(N(C)C)c2)C(C)C)cc(OC)c1OC. The molecule has 2 aromatic carbocycles. The number of carbonyl (C=O) groups is 1. The highest BCUT2D eigenvalue weighted by molar-refractivity contribution is 6.12. The van der Waals surface area contributed by atoms with Gasteiger partial charge in [0.25, 0.3) is 0 Å². The molecule has 2 rings (SSSR count). The number of ether oxygens (including phenoxy) is 3. The van der Waals surface area contributed by atoms with Crippen molar-refractivity contribution in [1.29, 1.82) is 0 Å². The van der Waals surface area contributed by atoms with Crippen LogP contribution in [0, 0.1) is 5.92 Å². The van der Waals surface area contributed by atoms with Crippen molar-refractivity contribution in [2.45, 2.75) is 13.8 Å². The maximum Gasteiger partial charge on any atom is 0.203 e. The number of rotatable bonds is 8. The van der Waals surface area contributed by atoms with Gasteiger partial charge in [-0.3, -0.25) is 4.79 Å². The fraction of sp³-hybridized carbons (Fsp3) is 0.348. The van der Waals surface area contributed by atoms with E-state index < -0.39 is 0 Å². The number of nitrogens with zero attached hydrogens (tertiary/aromatic N) is 1. The molecule has 6 nitrogen and oxygen atoms in total. The number of hydrogen-bond donors (Lipinski definition) is 1. The average molecular weight is 399 g/mol. The van der Waals surface area contributed by atoms with Gasteiger partial charge in [-0.2, -0.15) is 0 Å². The van der Waals surface area contributed by atoms with Crippen molar-refractivity contribution >= 4 is 23.2 Å². The molecule has 2 N–H and O–H groups in total. The van der Waals surface area contributed by atoms with Gasteiger partial charge in [0, 0.05) is 25.2 Å². The molecule has 0 aromatic heterocycles. The summed E-state index contributed by atoms with van der Waals surface area (Å²) >= 11 is 0. The van der Waals surface area contributed by atoms with Crippen LogP contribution in [0.4, 0.5) is 11.4 Å². The first kappa shape index (κ1) is 22.1. The van der Waals surface area contributed by atoms with E-state index in [4.69, 9.17) is 19.9 Å². The van der Waals surface area contributed by atoms with Gasteiger partial charge in [0.1, 0.15) is 0 Å². The van der Waals surface area contributed by atoms with E-state index in [1.54, 1.807) is 33.5 Å². The normalized spacial score (nSPS) is 11.4. The van der Waals surface area contributed by atoms with E-state index in [-0.39, 0.29) is 11.7 Å². The molecule has 0 bridgehead atoms. The summed E-state index contributed by atoms with van der Waals surface area (Å²) in [7, 11) is 8.49. The summed E-state index contributed by atoms with van der Waals surface area (Å²) in [6.45, 7) is 3.98. The Hall–Kier alpha value is -3.15. The van der Waals surface area contributed by atoms with E-state index in [2.05, 4.69) is 0 Å². The minimum Gasteiger partial charge on any atom is -0.493 e. The molecule has 0 spiro atoms. The zero-order chi connectivity index (χ0) is 21.7. The number of carbonyl (C=O) groups excluding carboxylic acids is 1. The van der Waals surface area contributed by atoms with Crippen LogP contribution in [0.5, 0.6) is 17.2 Å². The summed E-state index contributed by atoms with van der Waals surface area (Å²) in [5.41, 5.74) is 9.54. The Morgan fingerprint density at radius 3 is 2.03 bits per heavy atom. The molecule has 0 heterocycles. The van der Waals surface area contributed by atoms with Gasteiger partial charge in [-0.25, -0.2) is 0 Å². The lowest BCUT2D eigenvalue weighted by atomic mass is 9.92. The molecule has 0 aliphatic heterocycles. The van der Waals surface area contributed by atoms with Gasteiger partial charge in [-0.1, -0.05) is 13.8 Å². The monoisotopic (exact) mass is 398 g/mol. The number of allylic oxidation sites excluding steroid dienone is 1. The molecule has 0 saturated heterocycles. The highest BCUT2D eigenvalue weighted by Gasteiger charge is 2.19. The lowest BCUT2D eigenvalue weighted by Crippen LogP contribution is -2.14. The number of anilines is 2. The van der Waals surface area contributed by atoms with E-state index in [1.807, 2.05) is 57.1 Å². The second-order valence-electron chi connectivity index (χ2n) is 7.21. The van der Waals surface area contributed by atoms with E-state index in [9.17, 15) is 4.79 Å². The van der Waals surface area contributed by atoms with Crippen molar-refractivity contribution in [2.75, 3.05) is 46.1 Å². The van der Waals surface area contributed by atoms with Crippen LogP contribution in [0.2, 0.25) is 0 Å². The molecule has 0 saturated carbocycles. The number of nitrogen functional groups attached to an aromatic ring is 1. The Morgan fingerprint density at radius 2 is 1.59 bits per heavy atom. The zero-order valence-electron chi connectivity index (χ0n) is 18.2. The third kappa shape index (κ3) is 4.83. The molecule has 0 aliphatic rings. The van der Waals surface area contributed by atoms with Crippen molar-refractivity contribution in [3.05, 3.63) is 47.0 Å². The van der Waals surface area contributed by atoms with Crippen LogP contribution in [0.25, 0.3) is 6.08 Å². The third-order valence-corrected chi connectivity index (χ3v) is 4.67. The molecule has 6 heteroatoms. The molecule has 2 aromatic rings. The van der Waals surface area contributed by atoms with Gasteiger partial charge in [0.2, 0.25) is 5.75 Å². The molecule has 0 radical (unpaired) electrons. The quantitative estimate of drug-likeness (QED) is 0.406. The third-order valence-electron chi connectivity index (χ3n) is 4.67. The molecule has 0 fully saturated rings. The van der Waals surface area contributed by atoms with E-state index in [1.165, 1.54) is 0 Å². The largest absolute Gasteiger partial charge is 0.493 e. The maximum atomic E-state index is 13.3. The summed E-state index contributed by atoms with van der Waals surface area (Å²) in [5.74, 6) is 1.56. The molecule has 156 valence electrons. The van der Waals surface area contributed by atoms with Crippen molar-refractivity contribution in [3.8, 4) is 17.2 Å². The highest BCUT2D eigenvalue weighted by atomic mass is 16.5. The average Bonchev–Trinajstić information content (AvgIpc) is 2.70. The van der Waals surface area contributed by atoms with Crippen molar-refractivity contribution in [2.24, 2.45) is 5.92 Å². The molecule has 29 heavy (non-hydrogen) atoms. The Balaban J connectivity index is 2.56. The highest BCUT2D eigenvalue weighted by Crippen LogP contribution is 2.39. The molecule has 0 amide bonds. The number of nitrogens with two attached hydrogens (primary N) is 1. The van der Waals surface area contributed by atoms with Crippen LogP contribution in [0.15, 0.2) is 35.9 Å². The lowest BCUT2D eigenvalue weighted by Gasteiger charge is -2.18. The Kier molecular flexibility index (Phi) is 7.15. The fourth-order valence-electron chi connectivity index (χ4n) is 3.10. The first-order valence-electron chi connectivity index (χ1n) is 9.36. The summed E-state index contributed by atoms with van der Waals surface area (Å²) in [5, 5.41) is 0. The van der Waals surface area contributed by atoms with Gasteiger partial charge in [0.05, 0.1) is 32.7 Å². The topological polar surface area (TPSA) is 74.0 Å². The van der Waals surface area contributed by atoms with Crippen LogP contribution in [-0.2, 0) is 0 Å². The second-order valence-corrected chi connectivity index (χ2v) is 7.21. The Morgan fingerprint density at radius 1 is 1.00 bits per heavy atom. The smallest absolute Gasteiger partial charge is 0.203 e. The predicted molar refractivity (Wildman–Crippen MR) is 118 cm³/mol. The number of Topliss-reactive ketones (excluding diaryl/α,β-unsaturated/α-hetero) is 1. The van der Waals surface area contributed by atoms with E-state index >= 15 is 0 Å². The van der Waals surface area contributed by atoms with Gasteiger partial charge in [0.15, 0.2) is 17.3 Å². The number of hydrogen-bond acceptors (Lipinski definition) is 6. The summed E-state index contributed by atoms with van der Waals surface area (Å²) in [6.07, 6.45) is 1.86. The number of ketones is 1. The second kappa shape index (κ2) is 9.37. The maximum absolute atomic E-state index is 13.3. The molecule has 0 atom stereocenters. The molecule has 0 aliphatic carbocycles. The first-order valence-corrected chi connectivity index (χ1v) is 9.36. The minimum absolute atomic E-state index is 0.0157. The zero-order valence-corrected chi connectivity index (χ0v) is 18.2. The van der Waals surface area contributed by atoms with Crippen molar-refractivity contribution < 1.29 is 19.0 Å². The van der Waals surface area contributed by atoms with Crippen LogP contribution in [0.1, 0.15) is 29.8 Å². The Bertz CT molecular complexity index is 892. The van der Waals surface area contributed by atoms with Crippen LogP contribution < -0.4 is 24.8 Å². The summed E-state index contributed by atoms with van der Waals surface area (Å²) in [6, 6.07) is 9.00. The standard InChI is InChI=1S/C23H30N2O4/c1-14(2)17(22(26)16-8-9-18(24)19(13-16)25(3)4)10-15-11-20(27-5)23(29-7)21(12-15)28-6/h8-14H,24H2,1-7H3. The van der Waals surface area contributed by atoms with E-state index in [0.717, 1.165) is 11.3 Å². The number of methoxy groups -OCH3 is 3. The van der Waals surface area contributed by atoms with Crippen molar-refractivity contribution in [1.82, 2.24) is 0 Å². The van der Waals surface area contributed by atoms with E-state index in [0.29, 0.717) is 34.1 Å². The fourth-order valence-corrected chi connectivity index (χ4v) is 3.10. The van der Waals surface area contributed by atoms with Crippen molar-refractivity contribution in [3.63, 3.8) is 0 Å². The Labute approximate surface area is 172 Å². The van der Waals surface area contributed by atoms with Gasteiger partial charge < -0.3 is 24.8 Å². The summed E-state index contributed by atoms with van der Waals surface area (Å²) in [4.78, 5) is 15.2.